The van der Waals surface area contributed by atoms with Crippen LogP contribution in [0, 0.1) is 12.7 Å². The highest BCUT2D eigenvalue weighted by atomic mass is 19.1. The van der Waals surface area contributed by atoms with Crippen LogP contribution in [0.3, 0.4) is 0 Å². The van der Waals surface area contributed by atoms with Gasteiger partial charge < -0.3 is 10.2 Å². The molecule has 1 heterocycles. The fourth-order valence-corrected chi connectivity index (χ4v) is 2.93. The summed E-state index contributed by atoms with van der Waals surface area (Å²) in [6, 6.07) is 9.80. The van der Waals surface area contributed by atoms with Gasteiger partial charge in [0.05, 0.1) is 11.1 Å². The predicted molar refractivity (Wildman–Crippen MR) is 90.6 cm³/mol. The summed E-state index contributed by atoms with van der Waals surface area (Å²) in [5, 5.41) is 2.67. The second kappa shape index (κ2) is 6.43. The summed E-state index contributed by atoms with van der Waals surface area (Å²) in [5.41, 5.74) is 2.53. The Morgan fingerprint density at radius 3 is 2.79 bits per heavy atom. The Balaban J connectivity index is 1.88. The molecule has 0 saturated heterocycles. The normalized spacial score (nSPS) is 13.1. The Morgan fingerprint density at radius 1 is 1.29 bits per heavy atom. The molecule has 0 fully saturated rings. The number of amides is 2. The first-order valence-electron chi connectivity index (χ1n) is 8.00. The van der Waals surface area contributed by atoms with Crippen molar-refractivity contribution in [1.29, 1.82) is 0 Å². The van der Waals surface area contributed by atoms with Crippen molar-refractivity contribution in [2.24, 2.45) is 0 Å². The lowest BCUT2D eigenvalue weighted by atomic mass is 10.0. The van der Waals surface area contributed by atoms with Crippen LogP contribution in [-0.4, -0.2) is 23.3 Å². The minimum atomic E-state index is -0.401. The maximum atomic E-state index is 13.6. The van der Waals surface area contributed by atoms with E-state index in [-0.39, 0.29) is 11.7 Å². The number of hydrogen-bond donors (Lipinski definition) is 1. The molecule has 1 aliphatic heterocycles. The monoisotopic (exact) mass is 326 g/mol. The highest BCUT2D eigenvalue weighted by Gasteiger charge is 2.31. The van der Waals surface area contributed by atoms with Gasteiger partial charge in [0.15, 0.2) is 0 Å². The van der Waals surface area contributed by atoms with Gasteiger partial charge in [-0.1, -0.05) is 25.1 Å². The minimum absolute atomic E-state index is 0.118. The third kappa shape index (κ3) is 2.89. The summed E-state index contributed by atoms with van der Waals surface area (Å²) in [6.07, 6.45) is 0.865. The Morgan fingerprint density at radius 2 is 2.08 bits per heavy atom. The highest BCUT2D eigenvalue weighted by Crippen LogP contribution is 2.27. The predicted octanol–water partition coefficient (Wildman–Crippen LogP) is 3.75. The number of carbonyl (C=O) groups is 2. The summed E-state index contributed by atoms with van der Waals surface area (Å²) in [7, 11) is 0. The highest BCUT2D eigenvalue weighted by molar-refractivity contribution is 6.13. The van der Waals surface area contributed by atoms with Crippen LogP contribution in [0.4, 0.5) is 10.1 Å². The van der Waals surface area contributed by atoms with E-state index in [2.05, 4.69) is 5.32 Å². The minimum Gasteiger partial charge on any atom is -0.334 e. The van der Waals surface area contributed by atoms with Crippen LogP contribution < -0.4 is 5.32 Å². The van der Waals surface area contributed by atoms with Crippen molar-refractivity contribution in [2.45, 2.75) is 26.8 Å². The molecule has 0 bridgehead atoms. The zero-order valence-corrected chi connectivity index (χ0v) is 13.7. The van der Waals surface area contributed by atoms with Gasteiger partial charge in [0.25, 0.3) is 11.8 Å². The number of halogens is 1. The second-order valence-corrected chi connectivity index (χ2v) is 5.98. The molecule has 0 saturated carbocycles. The fraction of sp³-hybridized carbons (Fsp3) is 0.263. The first kappa shape index (κ1) is 16.2. The second-order valence-electron chi connectivity index (χ2n) is 5.98. The van der Waals surface area contributed by atoms with Gasteiger partial charge in [0.2, 0.25) is 0 Å². The molecule has 1 aliphatic rings. The molecule has 0 spiro atoms. The molecule has 2 amide bonds. The zero-order valence-electron chi connectivity index (χ0n) is 13.7. The summed E-state index contributed by atoms with van der Waals surface area (Å²) in [5.74, 6) is -0.897. The first-order chi connectivity index (χ1) is 11.5. The van der Waals surface area contributed by atoms with Crippen LogP contribution in [0.15, 0.2) is 36.4 Å². The van der Waals surface area contributed by atoms with Crippen molar-refractivity contribution in [2.75, 3.05) is 11.9 Å². The molecule has 0 aromatic heterocycles. The van der Waals surface area contributed by atoms with E-state index in [1.54, 1.807) is 36.1 Å². The number of fused-ring (bicyclic) bond motifs is 1. The molecule has 124 valence electrons. The van der Waals surface area contributed by atoms with Gasteiger partial charge in [-0.05, 0) is 42.7 Å². The van der Waals surface area contributed by atoms with E-state index in [1.807, 2.05) is 13.0 Å². The molecule has 2 aromatic carbocycles. The van der Waals surface area contributed by atoms with Gasteiger partial charge in [-0.25, -0.2) is 4.39 Å². The number of hydrogen-bond acceptors (Lipinski definition) is 2. The third-order valence-electron chi connectivity index (χ3n) is 4.18. The van der Waals surface area contributed by atoms with Crippen molar-refractivity contribution < 1.29 is 14.0 Å². The standard InChI is InChI=1S/C19H19FN2O2/c1-3-9-22-11-13-5-4-6-15(17(13)19(22)24)18(23)21-14-8-7-12(2)16(20)10-14/h4-8,10H,3,9,11H2,1-2H3,(H,21,23). The van der Waals surface area contributed by atoms with E-state index >= 15 is 0 Å². The number of aryl methyl sites for hydroxylation is 1. The lowest BCUT2D eigenvalue weighted by molar-refractivity contribution is 0.0774. The average Bonchev–Trinajstić information content (AvgIpc) is 2.88. The number of nitrogens with zero attached hydrogens (tertiary/aromatic N) is 1. The molecule has 24 heavy (non-hydrogen) atoms. The first-order valence-corrected chi connectivity index (χ1v) is 8.00. The molecule has 3 rings (SSSR count). The van der Waals surface area contributed by atoms with Gasteiger partial charge in [0.1, 0.15) is 5.82 Å². The Labute approximate surface area is 140 Å². The van der Waals surface area contributed by atoms with Crippen LogP contribution in [0.25, 0.3) is 0 Å². The maximum absolute atomic E-state index is 13.6. The quantitative estimate of drug-likeness (QED) is 0.930. The van der Waals surface area contributed by atoms with Crippen LogP contribution in [0.1, 0.15) is 45.2 Å². The van der Waals surface area contributed by atoms with Gasteiger partial charge in [-0.3, -0.25) is 9.59 Å². The number of anilines is 1. The number of rotatable bonds is 4. The van der Waals surface area contributed by atoms with Gasteiger partial charge >= 0.3 is 0 Å². The molecule has 0 atom stereocenters. The fourth-order valence-electron chi connectivity index (χ4n) is 2.93. The lowest BCUT2D eigenvalue weighted by Crippen LogP contribution is -2.26. The molecule has 0 aliphatic carbocycles. The van der Waals surface area contributed by atoms with Gasteiger partial charge in [-0.15, -0.1) is 0 Å². The molecule has 0 unspecified atom stereocenters. The van der Waals surface area contributed by atoms with E-state index < -0.39 is 5.91 Å². The molecular weight excluding hydrogens is 307 g/mol. The number of benzene rings is 2. The lowest BCUT2D eigenvalue weighted by Gasteiger charge is -2.14. The largest absolute Gasteiger partial charge is 0.334 e. The van der Waals surface area contributed by atoms with E-state index in [0.717, 1.165) is 12.0 Å². The van der Waals surface area contributed by atoms with Gasteiger partial charge in [0, 0.05) is 18.8 Å². The Kier molecular flexibility index (Phi) is 4.34. The smallest absolute Gasteiger partial charge is 0.256 e. The van der Waals surface area contributed by atoms with Crippen molar-refractivity contribution in [3.8, 4) is 0 Å². The zero-order chi connectivity index (χ0) is 17.3. The molecule has 5 heteroatoms. The Bertz CT molecular complexity index is 817. The molecule has 1 N–H and O–H groups in total. The van der Waals surface area contributed by atoms with Crippen LogP contribution in [0.2, 0.25) is 0 Å². The van der Waals surface area contributed by atoms with E-state index in [0.29, 0.717) is 35.5 Å². The van der Waals surface area contributed by atoms with Crippen LogP contribution >= 0.6 is 0 Å². The summed E-state index contributed by atoms with van der Waals surface area (Å²) in [4.78, 5) is 26.9. The van der Waals surface area contributed by atoms with Gasteiger partial charge in [-0.2, -0.15) is 0 Å². The van der Waals surface area contributed by atoms with Crippen molar-refractivity contribution in [3.05, 3.63) is 64.5 Å². The Hall–Kier alpha value is -2.69. The number of carbonyl (C=O) groups excluding carboxylic acids is 2. The molecular formula is C19H19FN2O2. The molecule has 4 nitrogen and oxygen atoms in total. The van der Waals surface area contributed by atoms with Crippen LogP contribution in [0.5, 0.6) is 0 Å². The summed E-state index contributed by atoms with van der Waals surface area (Å²) >= 11 is 0. The van der Waals surface area contributed by atoms with Crippen molar-refractivity contribution in [1.82, 2.24) is 4.90 Å². The molecule has 2 aromatic rings. The summed E-state index contributed by atoms with van der Waals surface area (Å²) < 4.78 is 13.6. The number of nitrogens with one attached hydrogen (secondary N) is 1. The maximum Gasteiger partial charge on any atom is 0.256 e. The van der Waals surface area contributed by atoms with E-state index in [4.69, 9.17) is 0 Å². The van der Waals surface area contributed by atoms with Crippen molar-refractivity contribution >= 4 is 17.5 Å². The third-order valence-corrected chi connectivity index (χ3v) is 4.18. The van der Waals surface area contributed by atoms with Crippen LogP contribution in [-0.2, 0) is 6.54 Å². The van der Waals surface area contributed by atoms with E-state index in [9.17, 15) is 14.0 Å². The van der Waals surface area contributed by atoms with Crippen molar-refractivity contribution in [3.63, 3.8) is 0 Å². The topological polar surface area (TPSA) is 49.4 Å². The van der Waals surface area contributed by atoms with E-state index in [1.165, 1.54) is 6.07 Å². The SMILES string of the molecule is CCCN1Cc2cccc(C(=O)Nc3ccc(C)c(F)c3)c2C1=O. The summed E-state index contributed by atoms with van der Waals surface area (Å²) in [6.45, 7) is 4.86. The average molecular weight is 326 g/mol. The molecule has 0 radical (unpaired) electrons.